The first-order valence-corrected chi connectivity index (χ1v) is 5.58. The Hall–Kier alpha value is -0.760. The smallest absolute Gasteiger partial charge is 0.391 e. The molecule has 116 valence electrons. The number of nitrogens with zero attached hydrogens (tertiary/aromatic N) is 2. The van der Waals surface area contributed by atoms with Crippen LogP contribution >= 0.6 is 24.8 Å². The minimum Gasteiger partial charge on any atom is -0.391 e. The minimum atomic E-state index is -4.39. The monoisotopic (exact) mass is 333 g/mol. The number of halogens is 5. The fourth-order valence-electron chi connectivity index (χ4n) is 2.07. The molecule has 0 spiro atoms. The van der Waals surface area contributed by atoms with Crippen molar-refractivity contribution in [1.29, 1.82) is 0 Å². The molecule has 1 saturated heterocycles. The van der Waals surface area contributed by atoms with Crippen molar-refractivity contribution in [3.8, 4) is 0 Å². The number of aromatic nitrogens is 1. The lowest BCUT2D eigenvalue weighted by molar-refractivity contribution is -0.137. The molecule has 2 heterocycles. The zero-order valence-corrected chi connectivity index (χ0v) is 12.0. The third kappa shape index (κ3) is 4.66. The predicted octanol–water partition coefficient (Wildman–Crippen LogP) is 1.84. The van der Waals surface area contributed by atoms with Gasteiger partial charge in [0.15, 0.2) is 0 Å². The molecule has 1 aromatic rings. The van der Waals surface area contributed by atoms with E-state index in [2.05, 4.69) is 4.98 Å². The van der Waals surface area contributed by atoms with Crippen molar-refractivity contribution < 1.29 is 18.3 Å². The van der Waals surface area contributed by atoms with Gasteiger partial charge in [-0.25, -0.2) is 4.98 Å². The Morgan fingerprint density at radius 1 is 1.30 bits per heavy atom. The molecular formula is C11H16Cl2F3N3O. The molecule has 2 rings (SSSR count). The molecule has 0 unspecified atom stereocenters. The van der Waals surface area contributed by atoms with Crippen LogP contribution in [0.25, 0.3) is 0 Å². The summed E-state index contributed by atoms with van der Waals surface area (Å²) in [6.07, 6.45) is -3.46. The van der Waals surface area contributed by atoms with Crippen LogP contribution in [0.1, 0.15) is 12.0 Å². The van der Waals surface area contributed by atoms with Gasteiger partial charge in [0.2, 0.25) is 0 Å². The number of hydrogen-bond acceptors (Lipinski definition) is 4. The lowest BCUT2D eigenvalue weighted by Crippen LogP contribution is -2.49. The number of aliphatic hydroxyl groups excluding tert-OH is 1. The van der Waals surface area contributed by atoms with Gasteiger partial charge in [0.25, 0.3) is 0 Å². The highest BCUT2D eigenvalue weighted by atomic mass is 35.5. The van der Waals surface area contributed by atoms with E-state index in [4.69, 9.17) is 5.73 Å². The van der Waals surface area contributed by atoms with Crippen molar-refractivity contribution in [2.24, 2.45) is 5.73 Å². The molecular weight excluding hydrogens is 318 g/mol. The Bertz CT molecular complexity index is 424. The van der Waals surface area contributed by atoms with Gasteiger partial charge >= 0.3 is 6.18 Å². The highest BCUT2D eigenvalue weighted by molar-refractivity contribution is 5.85. The number of anilines is 1. The number of nitrogens with two attached hydrogens (primary N) is 1. The van der Waals surface area contributed by atoms with Gasteiger partial charge in [-0.15, -0.1) is 24.8 Å². The Morgan fingerprint density at radius 3 is 2.50 bits per heavy atom. The number of piperidine rings is 1. The van der Waals surface area contributed by atoms with Crippen molar-refractivity contribution in [2.75, 3.05) is 18.0 Å². The van der Waals surface area contributed by atoms with E-state index in [1.54, 1.807) is 4.90 Å². The molecule has 1 fully saturated rings. The summed E-state index contributed by atoms with van der Waals surface area (Å²) in [4.78, 5) is 5.48. The SMILES string of the molecule is Cl.Cl.N[C@H]1C[C@@H](O)CN(c2cc(C(F)(F)F)ccn2)C1. The highest BCUT2D eigenvalue weighted by Gasteiger charge is 2.32. The number of rotatable bonds is 1. The number of alkyl halides is 3. The van der Waals surface area contributed by atoms with E-state index in [1.165, 1.54) is 0 Å². The molecule has 4 nitrogen and oxygen atoms in total. The second-order valence-electron chi connectivity index (χ2n) is 4.46. The normalized spacial score (nSPS) is 22.8. The van der Waals surface area contributed by atoms with E-state index >= 15 is 0 Å². The first kappa shape index (κ1) is 19.2. The van der Waals surface area contributed by atoms with Gasteiger partial charge < -0.3 is 15.7 Å². The van der Waals surface area contributed by atoms with E-state index in [0.717, 1.165) is 18.3 Å². The molecule has 1 aliphatic heterocycles. The van der Waals surface area contributed by atoms with Gasteiger partial charge in [-0.1, -0.05) is 0 Å². The molecule has 3 N–H and O–H groups in total. The Labute approximate surface area is 127 Å². The van der Waals surface area contributed by atoms with Gasteiger partial charge in [0, 0.05) is 25.3 Å². The summed E-state index contributed by atoms with van der Waals surface area (Å²) in [6.45, 7) is 0.646. The molecule has 2 atom stereocenters. The molecule has 0 aromatic carbocycles. The zero-order valence-electron chi connectivity index (χ0n) is 10.4. The Morgan fingerprint density at radius 2 is 1.95 bits per heavy atom. The van der Waals surface area contributed by atoms with Crippen LogP contribution in [0.2, 0.25) is 0 Å². The number of hydrogen-bond donors (Lipinski definition) is 2. The number of β-amino-alcohol motifs (C(OH)–C–C–N with tert-alkyl or cyclic N) is 1. The van der Waals surface area contributed by atoms with Crippen LogP contribution in [-0.4, -0.2) is 35.3 Å². The third-order valence-corrected chi connectivity index (χ3v) is 2.86. The van der Waals surface area contributed by atoms with Gasteiger partial charge in [-0.2, -0.15) is 13.2 Å². The second-order valence-corrected chi connectivity index (χ2v) is 4.46. The van der Waals surface area contributed by atoms with E-state index in [1.807, 2.05) is 0 Å². The van der Waals surface area contributed by atoms with Crippen LogP contribution in [0.15, 0.2) is 18.3 Å². The molecule has 9 heteroatoms. The van der Waals surface area contributed by atoms with Crippen LogP contribution in [0.3, 0.4) is 0 Å². The van der Waals surface area contributed by atoms with E-state index in [0.29, 0.717) is 13.0 Å². The van der Waals surface area contributed by atoms with Gasteiger partial charge in [-0.05, 0) is 18.6 Å². The predicted molar refractivity (Wildman–Crippen MR) is 74.5 cm³/mol. The Balaban J connectivity index is 0.00000180. The molecule has 1 aliphatic rings. The average Bonchev–Trinajstić information content (AvgIpc) is 2.27. The van der Waals surface area contributed by atoms with Crippen LogP contribution in [0.4, 0.5) is 19.0 Å². The van der Waals surface area contributed by atoms with Crippen LogP contribution in [0, 0.1) is 0 Å². The Kier molecular flexibility index (Phi) is 7.03. The lowest BCUT2D eigenvalue weighted by atomic mass is 10.0. The van der Waals surface area contributed by atoms with Crippen molar-refractivity contribution in [1.82, 2.24) is 4.98 Å². The molecule has 0 aliphatic carbocycles. The first-order valence-electron chi connectivity index (χ1n) is 5.58. The molecule has 0 bridgehead atoms. The maximum absolute atomic E-state index is 12.6. The third-order valence-electron chi connectivity index (χ3n) is 2.86. The standard InChI is InChI=1S/C11H14F3N3O.2ClH/c12-11(13,14)7-1-2-16-10(3-7)17-5-8(15)4-9(18)6-17;;/h1-3,8-9,18H,4-6,15H2;2*1H/t8-,9+;;/m0../s1. The van der Waals surface area contributed by atoms with Crippen molar-refractivity contribution in [3.05, 3.63) is 23.9 Å². The number of pyridine rings is 1. The lowest BCUT2D eigenvalue weighted by Gasteiger charge is -2.34. The zero-order chi connectivity index (χ0) is 13.3. The molecule has 0 saturated carbocycles. The average molecular weight is 334 g/mol. The molecule has 0 radical (unpaired) electrons. The summed E-state index contributed by atoms with van der Waals surface area (Å²) in [5, 5.41) is 9.57. The first-order chi connectivity index (χ1) is 8.36. The molecule has 0 amide bonds. The summed E-state index contributed by atoms with van der Waals surface area (Å²) in [7, 11) is 0. The maximum Gasteiger partial charge on any atom is 0.416 e. The van der Waals surface area contributed by atoms with E-state index in [-0.39, 0.29) is 43.2 Å². The summed E-state index contributed by atoms with van der Waals surface area (Å²) in [5.74, 6) is 0.194. The summed E-state index contributed by atoms with van der Waals surface area (Å²) >= 11 is 0. The number of aliphatic hydroxyl groups is 1. The van der Waals surface area contributed by atoms with Crippen LogP contribution in [-0.2, 0) is 6.18 Å². The highest BCUT2D eigenvalue weighted by Crippen LogP contribution is 2.31. The van der Waals surface area contributed by atoms with Crippen molar-refractivity contribution >= 4 is 30.6 Å². The second kappa shape index (κ2) is 7.31. The fourth-order valence-corrected chi connectivity index (χ4v) is 2.07. The van der Waals surface area contributed by atoms with Crippen molar-refractivity contribution in [3.63, 3.8) is 0 Å². The summed E-state index contributed by atoms with van der Waals surface area (Å²) in [5.41, 5.74) is 4.98. The van der Waals surface area contributed by atoms with Gasteiger partial charge in [0.05, 0.1) is 11.7 Å². The van der Waals surface area contributed by atoms with E-state index in [9.17, 15) is 18.3 Å². The van der Waals surface area contributed by atoms with Crippen molar-refractivity contribution in [2.45, 2.75) is 24.7 Å². The van der Waals surface area contributed by atoms with Crippen LogP contribution in [0.5, 0.6) is 0 Å². The minimum absolute atomic E-state index is 0. The summed E-state index contributed by atoms with van der Waals surface area (Å²) < 4.78 is 37.7. The van der Waals surface area contributed by atoms with Gasteiger partial charge in [0.1, 0.15) is 5.82 Å². The maximum atomic E-state index is 12.6. The quantitative estimate of drug-likeness (QED) is 0.823. The van der Waals surface area contributed by atoms with Gasteiger partial charge in [-0.3, -0.25) is 0 Å². The fraction of sp³-hybridized carbons (Fsp3) is 0.545. The van der Waals surface area contributed by atoms with E-state index < -0.39 is 17.8 Å². The summed E-state index contributed by atoms with van der Waals surface area (Å²) in [6, 6.07) is 1.64. The molecule has 20 heavy (non-hydrogen) atoms. The largest absolute Gasteiger partial charge is 0.416 e. The van der Waals surface area contributed by atoms with Crippen LogP contribution < -0.4 is 10.6 Å². The topological polar surface area (TPSA) is 62.4 Å². The molecule has 1 aromatic heterocycles.